The maximum Gasteiger partial charge on any atom is 0.164 e. The Balaban J connectivity index is 1.21. The zero-order valence-corrected chi connectivity index (χ0v) is 24.8. The zero-order chi connectivity index (χ0) is 30.5. The molecule has 0 fully saturated rings. The van der Waals surface area contributed by atoms with Gasteiger partial charge in [0.2, 0.25) is 0 Å². The molecule has 0 aliphatic rings. The number of rotatable bonds is 5. The second-order valence-electron chi connectivity index (χ2n) is 11.4. The lowest BCUT2D eigenvalue weighted by molar-refractivity contribution is 1.07. The molecule has 0 aliphatic heterocycles. The molecular formula is C41H27N5. The molecule has 0 radical (unpaired) electrons. The Morgan fingerprint density at radius 1 is 0.370 bits per heavy atom. The number of benzene rings is 6. The van der Waals surface area contributed by atoms with Gasteiger partial charge in [-0.15, -0.1) is 0 Å². The minimum Gasteiger partial charge on any atom is -0.315 e. The van der Waals surface area contributed by atoms with Gasteiger partial charge in [-0.2, -0.15) is 0 Å². The maximum atomic E-state index is 4.92. The summed E-state index contributed by atoms with van der Waals surface area (Å²) in [5, 5.41) is 3.66. The van der Waals surface area contributed by atoms with Crippen LogP contribution >= 0.6 is 0 Å². The lowest BCUT2D eigenvalue weighted by Gasteiger charge is -2.12. The quantitative estimate of drug-likeness (QED) is 0.201. The highest BCUT2D eigenvalue weighted by molar-refractivity contribution is 6.18. The third-order valence-corrected chi connectivity index (χ3v) is 8.60. The lowest BCUT2D eigenvalue weighted by atomic mass is 10.1. The average molecular weight is 590 g/mol. The van der Waals surface area contributed by atoms with E-state index >= 15 is 0 Å². The first-order valence-corrected chi connectivity index (χ1v) is 15.4. The number of hydrogen-bond acceptors (Lipinski definition) is 3. The second kappa shape index (κ2) is 10.7. The van der Waals surface area contributed by atoms with Gasteiger partial charge in [-0.3, -0.25) is 0 Å². The van der Waals surface area contributed by atoms with Crippen LogP contribution in [0.3, 0.4) is 0 Å². The van der Waals surface area contributed by atoms with Crippen LogP contribution in [0.1, 0.15) is 0 Å². The van der Waals surface area contributed by atoms with Crippen molar-refractivity contribution in [2.75, 3.05) is 0 Å². The summed E-state index contributed by atoms with van der Waals surface area (Å²) in [5.74, 6) is 1.95. The zero-order valence-electron chi connectivity index (χ0n) is 24.8. The maximum absolute atomic E-state index is 4.92. The minimum absolute atomic E-state index is 0.642. The molecule has 0 atom stereocenters. The summed E-state index contributed by atoms with van der Waals surface area (Å²) >= 11 is 0. The van der Waals surface area contributed by atoms with Gasteiger partial charge in [0.25, 0.3) is 0 Å². The van der Waals surface area contributed by atoms with Gasteiger partial charge >= 0.3 is 0 Å². The van der Waals surface area contributed by atoms with E-state index in [4.69, 9.17) is 15.0 Å². The Bertz CT molecular complexity index is 2440. The number of nitrogens with zero attached hydrogens (tertiary/aromatic N) is 5. The van der Waals surface area contributed by atoms with Crippen molar-refractivity contribution in [2.45, 2.75) is 0 Å². The normalized spacial score (nSPS) is 11.5. The summed E-state index contributed by atoms with van der Waals surface area (Å²) in [7, 11) is 0. The fourth-order valence-corrected chi connectivity index (χ4v) is 6.44. The van der Waals surface area contributed by atoms with E-state index < -0.39 is 0 Å². The van der Waals surface area contributed by atoms with Crippen LogP contribution in [-0.2, 0) is 0 Å². The van der Waals surface area contributed by atoms with E-state index in [1.807, 2.05) is 60.7 Å². The summed E-state index contributed by atoms with van der Waals surface area (Å²) in [5.41, 5.74) is 8.60. The molecule has 46 heavy (non-hydrogen) atoms. The number of para-hydroxylation sites is 2. The van der Waals surface area contributed by atoms with Gasteiger partial charge in [0.1, 0.15) is 0 Å². The summed E-state index contributed by atoms with van der Waals surface area (Å²) in [6.07, 6.45) is 2.16. The van der Waals surface area contributed by atoms with Gasteiger partial charge in [-0.1, -0.05) is 109 Å². The monoisotopic (exact) mass is 589 g/mol. The standard InChI is InChI=1S/C41H27N5/c1-4-12-29(13-5-1)39-42-40(30-14-6-2-7-15-30)44-41(43-39)31-20-23-32(24-21-31)45-27-26-28-22-25-35-34-18-10-11-19-36(34)46(38(35)37(28)45)33-16-8-3-9-17-33/h1-27H. The van der Waals surface area contributed by atoms with E-state index in [9.17, 15) is 0 Å². The molecule has 0 aliphatic carbocycles. The number of aromatic nitrogens is 5. The molecule has 0 bridgehead atoms. The Morgan fingerprint density at radius 2 is 0.913 bits per heavy atom. The number of hydrogen-bond donors (Lipinski definition) is 0. The van der Waals surface area contributed by atoms with Crippen LogP contribution in [0.15, 0.2) is 164 Å². The molecule has 0 saturated heterocycles. The Kier molecular flexibility index (Phi) is 6.06. The molecule has 6 aromatic carbocycles. The Labute approximate surface area is 265 Å². The molecule has 0 N–H and O–H groups in total. The molecule has 5 heteroatoms. The fourth-order valence-electron chi connectivity index (χ4n) is 6.44. The van der Waals surface area contributed by atoms with Crippen LogP contribution in [0.5, 0.6) is 0 Å². The molecule has 3 heterocycles. The SMILES string of the molecule is c1ccc(-c2nc(-c3ccccc3)nc(-c3ccc(-n4ccc5ccc6c7ccccc7n(-c7ccccc7)c6c54)cc3)n2)cc1. The lowest BCUT2D eigenvalue weighted by Crippen LogP contribution is -2.00. The van der Waals surface area contributed by atoms with Crippen LogP contribution in [0, 0.1) is 0 Å². The fraction of sp³-hybridized carbons (Fsp3) is 0. The van der Waals surface area contributed by atoms with Crippen molar-refractivity contribution in [1.29, 1.82) is 0 Å². The molecule has 3 aromatic heterocycles. The van der Waals surface area contributed by atoms with E-state index in [0.29, 0.717) is 17.5 Å². The summed E-state index contributed by atoms with van der Waals surface area (Å²) in [6, 6.07) is 54.6. The predicted octanol–water partition coefficient (Wildman–Crippen LogP) is 9.91. The first-order chi connectivity index (χ1) is 22.8. The van der Waals surface area contributed by atoms with Crippen LogP contribution in [-0.4, -0.2) is 24.1 Å². The van der Waals surface area contributed by atoms with E-state index in [-0.39, 0.29) is 0 Å². The topological polar surface area (TPSA) is 48.5 Å². The Morgan fingerprint density at radius 3 is 1.54 bits per heavy atom. The first-order valence-electron chi connectivity index (χ1n) is 15.4. The largest absolute Gasteiger partial charge is 0.315 e. The van der Waals surface area contributed by atoms with E-state index in [1.165, 1.54) is 32.7 Å². The van der Waals surface area contributed by atoms with Crippen molar-refractivity contribution in [2.24, 2.45) is 0 Å². The van der Waals surface area contributed by atoms with Crippen LogP contribution < -0.4 is 0 Å². The second-order valence-corrected chi connectivity index (χ2v) is 11.4. The molecule has 0 spiro atoms. The highest BCUT2D eigenvalue weighted by Gasteiger charge is 2.18. The summed E-state index contributed by atoms with van der Waals surface area (Å²) < 4.78 is 4.68. The van der Waals surface area contributed by atoms with E-state index in [1.54, 1.807) is 0 Å². The number of fused-ring (bicyclic) bond motifs is 5. The molecule has 5 nitrogen and oxygen atoms in total. The van der Waals surface area contributed by atoms with Gasteiger partial charge in [0.05, 0.1) is 16.6 Å². The molecule has 9 aromatic rings. The van der Waals surface area contributed by atoms with Crippen LogP contribution in [0.25, 0.3) is 78.2 Å². The predicted molar refractivity (Wildman–Crippen MR) is 187 cm³/mol. The van der Waals surface area contributed by atoms with Gasteiger partial charge in [0, 0.05) is 50.4 Å². The molecule has 9 rings (SSSR count). The van der Waals surface area contributed by atoms with E-state index in [0.717, 1.165) is 28.1 Å². The molecule has 0 unspecified atom stereocenters. The highest BCUT2D eigenvalue weighted by Crippen LogP contribution is 2.38. The van der Waals surface area contributed by atoms with Crippen LogP contribution in [0.4, 0.5) is 0 Å². The highest BCUT2D eigenvalue weighted by atomic mass is 15.0. The van der Waals surface area contributed by atoms with Crippen molar-refractivity contribution in [3.05, 3.63) is 164 Å². The van der Waals surface area contributed by atoms with Crippen molar-refractivity contribution >= 4 is 32.7 Å². The van der Waals surface area contributed by atoms with Crippen molar-refractivity contribution in [3.63, 3.8) is 0 Å². The van der Waals surface area contributed by atoms with Gasteiger partial charge in [-0.05, 0) is 48.5 Å². The van der Waals surface area contributed by atoms with Crippen molar-refractivity contribution in [1.82, 2.24) is 24.1 Å². The smallest absolute Gasteiger partial charge is 0.164 e. The van der Waals surface area contributed by atoms with Crippen molar-refractivity contribution < 1.29 is 0 Å². The molecule has 216 valence electrons. The van der Waals surface area contributed by atoms with Gasteiger partial charge in [0.15, 0.2) is 17.5 Å². The summed E-state index contributed by atoms with van der Waals surface area (Å²) in [6.45, 7) is 0. The summed E-state index contributed by atoms with van der Waals surface area (Å²) in [4.78, 5) is 14.7. The third-order valence-electron chi connectivity index (χ3n) is 8.60. The molecule has 0 saturated carbocycles. The average Bonchev–Trinajstić information content (AvgIpc) is 3.72. The van der Waals surface area contributed by atoms with Crippen molar-refractivity contribution in [3.8, 4) is 45.5 Å². The van der Waals surface area contributed by atoms with Gasteiger partial charge in [-0.25, -0.2) is 15.0 Å². The molecule has 0 amide bonds. The van der Waals surface area contributed by atoms with Gasteiger partial charge < -0.3 is 9.13 Å². The first kappa shape index (κ1) is 26.1. The minimum atomic E-state index is 0.642. The third kappa shape index (κ3) is 4.29. The van der Waals surface area contributed by atoms with E-state index in [2.05, 4.69) is 112 Å². The van der Waals surface area contributed by atoms with Crippen LogP contribution in [0.2, 0.25) is 0 Å². The Hall–Kier alpha value is -6.33. The molecular weight excluding hydrogens is 562 g/mol.